The summed E-state index contributed by atoms with van der Waals surface area (Å²) in [5.74, 6) is 0. The normalized spacial score (nSPS) is 15.7. The first-order valence-corrected chi connectivity index (χ1v) is 6.89. The zero-order valence-corrected chi connectivity index (χ0v) is 11.3. The zero-order chi connectivity index (χ0) is 13.1. The van der Waals surface area contributed by atoms with E-state index in [0.717, 1.165) is 31.9 Å². The Morgan fingerprint density at radius 1 is 1.32 bits per heavy atom. The lowest BCUT2D eigenvalue weighted by molar-refractivity contribution is 0.145. The number of nitrogens with zero attached hydrogens (tertiary/aromatic N) is 3. The second kappa shape index (κ2) is 5.55. The molecule has 4 heteroatoms. The Morgan fingerprint density at radius 3 is 2.63 bits per heavy atom. The van der Waals surface area contributed by atoms with Crippen molar-refractivity contribution in [2.75, 3.05) is 19.6 Å². The van der Waals surface area contributed by atoms with Crippen LogP contribution in [0.4, 0.5) is 0 Å². The fourth-order valence-corrected chi connectivity index (χ4v) is 2.45. The van der Waals surface area contributed by atoms with Gasteiger partial charge >= 0.3 is 0 Å². The average molecular weight is 256 g/mol. The third-order valence-electron chi connectivity index (χ3n) is 3.81. The Hall–Kier alpha value is -1.65. The van der Waals surface area contributed by atoms with E-state index in [1.54, 1.807) is 6.20 Å². The van der Waals surface area contributed by atoms with Crippen molar-refractivity contribution in [3.05, 3.63) is 48.5 Å². The van der Waals surface area contributed by atoms with Gasteiger partial charge in [-0.25, -0.2) is 4.98 Å². The SMILES string of the molecule is CCN(Cc1ccc(-n2ccnc2)cc1)C1CNC1. The molecule has 0 bridgehead atoms. The predicted molar refractivity (Wildman–Crippen MR) is 76.3 cm³/mol. The molecule has 1 aliphatic heterocycles. The molecule has 1 saturated heterocycles. The Balaban J connectivity index is 1.68. The molecule has 0 atom stereocenters. The monoisotopic (exact) mass is 256 g/mol. The molecule has 1 fully saturated rings. The lowest BCUT2D eigenvalue weighted by Gasteiger charge is -2.37. The van der Waals surface area contributed by atoms with Crippen LogP contribution in [0.15, 0.2) is 43.0 Å². The predicted octanol–water partition coefficient (Wildman–Crippen LogP) is 1.67. The minimum atomic E-state index is 0.707. The van der Waals surface area contributed by atoms with Gasteiger partial charge in [0.1, 0.15) is 0 Å². The fourth-order valence-electron chi connectivity index (χ4n) is 2.45. The van der Waals surface area contributed by atoms with Gasteiger partial charge < -0.3 is 9.88 Å². The standard InChI is InChI=1S/C15H20N4/c1-2-18(15-9-17-10-15)11-13-3-5-14(6-4-13)19-8-7-16-12-19/h3-8,12,15,17H,2,9-11H2,1H3. The summed E-state index contributed by atoms with van der Waals surface area (Å²) in [4.78, 5) is 6.60. The van der Waals surface area contributed by atoms with Crippen molar-refractivity contribution < 1.29 is 0 Å². The van der Waals surface area contributed by atoms with Gasteiger partial charge in [0.2, 0.25) is 0 Å². The van der Waals surface area contributed by atoms with Crippen molar-refractivity contribution in [3.63, 3.8) is 0 Å². The van der Waals surface area contributed by atoms with Crippen LogP contribution >= 0.6 is 0 Å². The molecule has 1 aromatic carbocycles. The van der Waals surface area contributed by atoms with E-state index in [1.165, 1.54) is 5.56 Å². The van der Waals surface area contributed by atoms with Gasteiger partial charge in [0, 0.05) is 43.8 Å². The number of nitrogens with one attached hydrogen (secondary N) is 1. The number of benzene rings is 1. The number of rotatable bonds is 5. The molecule has 4 nitrogen and oxygen atoms in total. The first-order valence-electron chi connectivity index (χ1n) is 6.89. The molecule has 2 heterocycles. The van der Waals surface area contributed by atoms with Crippen LogP contribution in [0.3, 0.4) is 0 Å². The van der Waals surface area contributed by atoms with Gasteiger partial charge in [0.05, 0.1) is 6.33 Å². The van der Waals surface area contributed by atoms with Crippen LogP contribution in [0.25, 0.3) is 5.69 Å². The second-order valence-corrected chi connectivity index (χ2v) is 5.01. The zero-order valence-electron chi connectivity index (χ0n) is 11.3. The summed E-state index contributed by atoms with van der Waals surface area (Å²) in [5, 5.41) is 3.34. The minimum absolute atomic E-state index is 0.707. The molecule has 19 heavy (non-hydrogen) atoms. The molecule has 1 aliphatic rings. The quantitative estimate of drug-likeness (QED) is 0.883. The summed E-state index contributed by atoms with van der Waals surface area (Å²) in [7, 11) is 0. The number of likely N-dealkylation sites (N-methyl/N-ethyl adjacent to an activating group) is 1. The molecule has 0 spiro atoms. The maximum absolute atomic E-state index is 4.07. The summed E-state index contributed by atoms with van der Waals surface area (Å²) in [6.45, 7) is 6.63. The van der Waals surface area contributed by atoms with E-state index in [2.05, 4.69) is 46.4 Å². The number of hydrogen-bond acceptors (Lipinski definition) is 3. The molecule has 0 radical (unpaired) electrons. The van der Waals surface area contributed by atoms with Gasteiger partial charge in [0.15, 0.2) is 0 Å². The van der Waals surface area contributed by atoms with Gasteiger partial charge in [-0.05, 0) is 24.2 Å². The molecule has 0 amide bonds. The first-order chi connectivity index (χ1) is 9.36. The van der Waals surface area contributed by atoms with Crippen LogP contribution in [0.5, 0.6) is 0 Å². The van der Waals surface area contributed by atoms with E-state index in [4.69, 9.17) is 0 Å². The van der Waals surface area contributed by atoms with Gasteiger partial charge in [-0.2, -0.15) is 0 Å². The van der Waals surface area contributed by atoms with E-state index in [-0.39, 0.29) is 0 Å². The van der Waals surface area contributed by atoms with Crippen molar-refractivity contribution in [2.45, 2.75) is 19.5 Å². The largest absolute Gasteiger partial charge is 0.314 e. The summed E-state index contributed by atoms with van der Waals surface area (Å²) < 4.78 is 2.03. The van der Waals surface area contributed by atoms with Crippen molar-refractivity contribution in [3.8, 4) is 5.69 Å². The van der Waals surface area contributed by atoms with Crippen LogP contribution < -0.4 is 5.32 Å². The van der Waals surface area contributed by atoms with E-state index >= 15 is 0 Å². The summed E-state index contributed by atoms with van der Waals surface area (Å²) in [6.07, 6.45) is 5.59. The van der Waals surface area contributed by atoms with E-state index in [1.807, 2.05) is 17.1 Å². The van der Waals surface area contributed by atoms with Crippen molar-refractivity contribution in [1.29, 1.82) is 0 Å². The molecule has 0 aliphatic carbocycles. The van der Waals surface area contributed by atoms with Gasteiger partial charge in [0.25, 0.3) is 0 Å². The van der Waals surface area contributed by atoms with Crippen LogP contribution in [-0.4, -0.2) is 40.1 Å². The van der Waals surface area contributed by atoms with Gasteiger partial charge in [-0.15, -0.1) is 0 Å². The molecule has 100 valence electrons. The highest BCUT2D eigenvalue weighted by molar-refractivity contribution is 5.34. The third kappa shape index (κ3) is 2.69. The fraction of sp³-hybridized carbons (Fsp3) is 0.400. The highest BCUT2D eigenvalue weighted by atomic mass is 15.2. The summed E-state index contributed by atoms with van der Waals surface area (Å²) >= 11 is 0. The number of hydrogen-bond donors (Lipinski definition) is 1. The van der Waals surface area contributed by atoms with Crippen LogP contribution in [0.1, 0.15) is 12.5 Å². The van der Waals surface area contributed by atoms with Crippen LogP contribution in [0, 0.1) is 0 Å². The van der Waals surface area contributed by atoms with Crippen LogP contribution in [-0.2, 0) is 6.54 Å². The Kier molecular flexibility index (Phi) is 3.62. The lowest BCUT2D eigenvalue weighted by atomic mass is 10.1. The maximum atomic E-state index is 4.07. The second-order valence-electron chi connectivity index (χ2n) is 5.01. The summed E-state index contributed by atoms with van der Waals surface area (Å²) in [5.41, 5.74) is 2.53. The summed E-state index contributed by atoms with van der Waals surface area (Å²) in [6, 6.07) is 9.44. The first kappa shape index (κ1) is 12.4. The number of aromatic nitrogens is 2. The molecular weight excluding hydrogens is 236 g/mol. The van der Waals surface area contributed by atoms with Crippen molar-refractivity contribution >= 4 is 0 Å². The lowest BCUT2D eigenvalue weighted by Crippen LogP contribution is -2.56. The molecule has 2 aromatic rings. The van der Waals surface area contributed by atoms with Crippen LogP contribution in [0.2, 0.25) is 0 Å². The molecule has 3 rings (SSSR count). The smallest absolute Gasteiger partial charge is 0.0991 e. The van der Waals surface area contributed by atoms with E-state index < -0.39 is 0 Å². The molecule has 0 saturated carbocycles. The van der Waals surface area contributed by atoms with Gasteiger partial charge in [-0.1, -0.05) is 19.1 Å². The van der Waals surface area contributed by atoms with Crippen molar-refractivity contribution in [1.82, 2.24) is 19.8 Å². The molecule has 0 unspecified atom stereocenters. The molecular formula is C15H20N4. The Labute approximate surface area is 114 Å². The maximum Gasteiger partial charge on any atom is 0.0991 e. The number of imidazole rings is 1. The van der Waals surface area contributed by atoms with E-state index in [0.29, 0.717) is 6.04 Å². The minimum Gasteiger partial charge on any atom is -0.314 e. The van der Waals surface area contributed by atoms with Crippen molar-refractivity contribution in [2.24, 2.45) is 0 Å². The topological polar surface area (TPSA) is 33.1 Å². The Morgan fingerprint density at radius 2 is 2.11 bits per heavy atom. The Bertz CT molecular complexity index is 499. The highest BCUT2D eigenvalue weighted by Crippen LogP contribution is 2.14. The van der Waals surface area contributed by atoms with Gasteiger partial charge in [-0.3, -0.25) is 4.90 Å². The van der Waals surface area contributed by atoms with E-state index in [9.17, 15) is 0 Å². The average Bonchev–Trinajstić information content (AvgIpc) is 2.90. The third-order valence-corrected chi connectivity index (χ3v) is 3.81. The highest BCUT2D eigenvalue weighted by Gasteiger charge is 2.22. The molecule has 1 N–H and O–H groups in total. The molecule has 1 aromatic heterocycles.